The van der Waals surface area contributed by atoms with E-state index in [1.54, 1.807) is 0 Å². The van der Waals surface area contributed by atoms with Crippen molar-refractivity contribution >= 4 is 0 Å². The molecule has 2 aliphatic heterocycles. The third-order valence-electron chi connectivity index (χ3n) is 4.81. The molecular weight excluding hydrogens is 300 g/mol. The summed E-state index contributed by atoms with van der Waals surface area (Å²) in [6.07, 6.45) is 4.20. The van der Waals surface area contributed by atoms with Crippen LogP contribution < -0.4 is 10.6 Å². The van der Waals surface area contributed by atoms with E-state index in [9.17, 15) is 0 Å². The molecular formula is C18H24N6. The van der Waals surface area contributed by atoms with Gasteiger partial charge in [-0.2, -0.15) is 0 Å². The monoisotopic (exact) mass is 324 g/mol. The zero-order chi connectivity index (χ0) is 16.2. The summed E-state index contributed by atoms with van der Waals surface area (Å²) in [7, 11) is 0. The van der Waals surface area contributed by atoms with E-state index in [2.05, 4.69) is 54.7 Å². The topological polar surface area (TPSA) is 56.3 Å². The van der Waals surface area contributed by atoms with Crippen molar-refractivity contribution in [2.45, 2.75) is 12.3 Å². The van der Waals surface area contributed by atoms with Gasteiger partial charge in [0.05, 0.1) is 11.4 Å². The van der Waals surface area contributed by atoms with Crippen molar-refractivity contribution in [3.05, 3.63) is 60.2 Å². The minimum Gasteiger partial charge on any atom is -0.295 e. The molecule has 6 heteroatoms. The van der Waals surface area contributed by atoms with Gasteiger partial charge in [-0.3, -0.25) is 30.4 Å². The zero-order valence-corrected chi connectivity index (χ0v) is 13.8. The third-order valence-corrected chi connectivity index (χ3v) is 4.81. The Bertz CT molecular complexity index is 577. The molecule has 4 heterocycles. The maximum absolute atomic E-state index is 4.51. The van der Waals surface area contributed by atoms with Crippen molar-refractivity contribution in [3.8, 4) is 0 Å². The number of aromatic nitrogens is 2. The largest absolute Gasteiger partial charge is 0.295 e. The Hall–Kier alpha value is -1.86. The summed E-state index contributed by atoms with van der Waals surface area (Å²) in [6, 6.07) is 12.3. The number of hydrogen-bond donors (Lipinski definition) is 2. The van der Waals surface area contributed by atoms with Crippen LogP contribution in [0.1, 0.15) is 23.7 Å². The molecule has 0 radical (unpaired) electrons. The minimum atomic E-state index is 0.232. The molecule has 2 fully saturated rings. The Morgan fingerprint density at radius 2 is 1.29 bits per heavy atom. The molecule has 0 saturated carbocycles. The van der Waals surface area contributed by atoms with Crippen molar-refractivity contribution in [1.82, 2.24) is 30.4 Å². The molecule has 0 amide bonds. The predicted molar refractivity (Wildman–Crippen MR) is 93.1 cm³/mol. The Morgan fingerprint density at radius 3 is 1.71 bits per heavy atom. The van der Waals surface area contributed by atoms with Crippen LogP contribution in [-0.2, 0) is 0 Å². The lowest BCUT2D eigenvalue weighted by atomic mass is 10.2. The van der Waals surface area contributed by atoms with Crippen LogP contribution in [0.5, 0.6) is 0 Å². The van der Waals surface area contributed by atoms with E-state index in [0.29, 0.717) is 0 Å². The first-order valence-electron chi connectivity index (χ1n) is 8.68. The molecule has 0 unspecified atom stereocenters. The molecule has 0 bridgehead atoms. The first-order chi connectivity index (χ1) is 11.9. The zero-order valence-electron chi connectivity index (χ0n) is 13.8. The van der Waals surface area contributed by atoms with Gasteiger partial charge in [-0.1, -0.05) is 12.1 Å². The predicted octanol–water partition coefficient (Wildman–Crippen LogP) is 0.984. The highest BCUT2D eigenvalue weighted by Gasteiger charge is 2.30. The van der Waals surface area contributed by atoms with E-state index in [0.717, 1.165) is 50.7 Å². The summed E-state index contributed by atoms with van der Waals surface area (Å²) in [6.45, 7) is 6.22. The van der Waals surface area contributed by atoms with E-state index in [-0.39, 0.29) is 12.3 Å². The lowest BCUT2D eigenvalue weighted by Crippen LogP contribution is -2.37. The molecule has 24 heavy (non-hydrogen) atoms. The third kappa shape index (κ3) is 3.32. The smallest absolute Gasteiger partial charge is 0.104 e. The van der Waals surface area contributed by atoms with Gasteiger partial charge < -0.3 is 0 Å². The summed E-state index contributed by atoms with van der Waals surface area (Å²) in [5.41, 5.74) is 2.21. The molecule has 2 aromatic rings. The number of hydrogen-bond acceptors (Lipinski definition) is 6. The van der Waals surface area contributed by atoms with Gasteiger partial charge in [-0.15, -0.1) is 0 Å². The van der Waals surface area contributed by atoms with E-state index in [1.807, 2.05) is 24.5 Å². The summed E-state index contributed by atoms with van der Waals surface area (Å²) in [4.78, 5) is 14.0. The molecule has 4 rings (SSSR count). The fraction of sp³-hybridized carbons (Fsp3) is 0.444. The molecule has 2 aliphatic rings. The lowest BCUT2D eigenvalue weighted by Gasteiger charge is -2.28. The van der Waals surface area contributed by atoms with Gasteiger partial charge in [0.1, 0.15) is 12.3 Å². The summed E-state index contributed by atoms with van der Waals surface area (Å²) < 4.78 is 0. The van der Waals surface area contributed by atoms with E-state index < -0.39 is 0 Å². The number of rotatable bonds is 5. The first-order valence-corrected chi connectivity index (χ1v) is 8.68. The average Bonchev–Trinajstić information content (AvgIpc) is 3.30. The summed E-state index contributed by atoms with van der Waals surface area (Å²) >= 11 is 0. The fourth-order valence-corrected chi connectivity index (χ4v) is 3.60. The molecule has 126 valence electrons. The second-order valence-electron chi connectivity index (χ2n) is 6.29. The van der Waals surface area contributed by atoms with Gasteiger partial charge in [-0.25, -0.2) is 0 Å². The Labute approximate surface area is 142 Å². The second kappa shape index (κ2) is 7.36. The van der Waals surface area contributed by atoms with Crippen LogP contribution in [0.4, 0.5) is 0 Å². The van der Waals surface area contributed by atoms with Crippen molar-refractivity contribution in [2.24, 2.45) is 0 Å². The van der Waals surface area contributed by atoms with Crippen LogP contribution in [0.15, 0.2) is 48.8 Å². The van der Waals surface area contributed by atoms with Crippen LogP contribution >= 0.6 is 0 Å². The molecule has 2 N–H and O–H groups in total. The summed E-state index contributed by atoms with van der Waals surface area (Å²) in [5.74, 6) is 0. The number of nitrogens with one attached hydrogen (secondary N) is 2. The fourth-order valence-electron chi connectivity index (χ4n) is 3.60. The maximum atomic E-state index is 4.51. The molecule has 0 aliphatic carbocycles. The van der Waals surface area contributed by atoms with Crippen LogP contribution in [0, 0.1) is 0 Å². The average molecular weight is 324 g/mol. The molecule has 0 aromatic carbocycles. The van der Waals surface area contributed by atoms with Crippen LogP contribution in [0.3, 0.4) is 0 Å². The van der Waals surface area contributed by atoms with Crippen LogP contribution in [0.2, 0.25) is 0 Å². The van der Waals surface area contributed by atoms with Gasteiger partial charge in [0, 0.05) is 51.7 Å². The van der Waals surface area contributed by atoms with E-state index in [4.69, 9.17) is 0 Å². The van der Waals surface area contributed by atoms with Crippen molar-refractivity contribution in [1.29, 1.82) is 0 Å². The lowest BCUT2D eigenvalue weighted by molar-refractivity contribution is 0.172. The Morgan fingerprint density at radius 1 is 0.792 bits per heavy atom. The highest BCUT2D eigenvalue weighted by atomic mass is 15.4. The van der Waals surface area contributed by atoms with Gasteiger partial charge in [0.2, 0.25) is 0 Å². The van der Waals surface area contributed by atoms with Gasteiger partial charge in [0.25, 0.3) is 0 Å². The SMILES string of the molecule is c1ccc([C@H]2NCCN2CCN2CCN[C@@H]2c2ccccn2)nc1. The normalized spacial score (nSPS) is 25.3. The molecule has 2 aromatic heterocycles. The first kappa shape index (κ1) is 15.7. The molecule has 2 saturated heterocycles. The Balaban J connectivity index is 1.39. The highest BCUT2D eigenvalue weighted by molar-refractivity contribution is 5.11. The van der Waals surface area contributed by atoms with Crippen LogP contribution in [-0.4, -0.2) is 59.0 Å². The maximum Gasteiger partial charge on any atom is 0.104 e. The van der Waals surface area contributed by atoms with Gasteiger partial charge in [0.15, 0.2) is 0 Å². The molecule has 6 nitrogen and oxygen atoms in total. The number of nitrogens with zero attached hydrogens (tertiary/aromatic N) is 4. The minimum absolute atomic E-state index is 0.232. The molecule has 2 atom stereocenters. The van der Waals surface area contributed by atoms with Gasteiger partial charge in [-0.05, 0) is 24.3 Å². The van der Waals surface area contributed by atoms with Crippen molar-refractivity contribution in [2.75, 3.05) is 39.3 Å². The van der Waals surface area contributed by atoms with E-state index in [1.165, 1.54) is 0 Å². The van der Waals surface area contributed by atoms with Crippen LogP contribution in [0.25, 0.3) is 0 Å². The van der Waals surface area contributed by atoms with Gasteiger partial charge >= 0.3 is 0 Å². The second-order valence-corrected chi connectivity index (χ2v) is 6.29. The quantitative estimate of drug-likeness (QED) is 0.855. The Kier molecular flexibility index (Phi) is 4.80. The standard InChI is InChI=1S/C18H24N6/c1-3-7-19-15(5-1)17-21-9-11-23(17)13-14-24-12-10-22-18(24)16-6-2-4-8-20-16/h1-8,17-18,21-22H,9-14H2/t17-,18-/m0/s1. The van der Waals surface area contributed by atoms with Crippen molar-refractivity contribution in [3.63, 3.8) is 0 Å². The summed E-state index contributed by atoms with van der Waals surface area (Å²) in [5, 5.41) is 7.12. The molecule has 0 spiro atoms. The van der Waals surface area contributed by atoms with Crippen molar-refractivity contribution < 1.29 is 0 Å². The number of pyridine rings is 2. The highest BCUT2D eigenvalue weighted by Crippen LogP contribution is 2.22. The van der Waals surface area contributed by atoms with E-state index >= 15 is 0 Å².